The molecule has 0 aromatic heterocycles. The number of halogens is 1. The molecule has 1 rings (SSSR count). The maximum Gasteiger partial charge on any atom is 0.165 e. The average Bonchev–Trinajstić information content (AvgIpc) is 2.16. The van der Waals surface area contributed by atoms with Gasteiger partial charge in [0.15, 0.2) is 11.6 Å². The third-order valence-corrected chi connectivity index (χ3v) is 2.56. The summed E-state index contributed by atoms with van der Waals surface area (Å²) in [7, 11) is 1.48. The summed E-state index contributed by atoms with van der Waals surface area (Å²) in [6, 6.07) is 3.51. The fraction of sp³-hybridized carbons (Fsp3) is 0.538. The highest BCUT2D eigenvalue weighted by Crippen LogP contribution is 2.28. The summed E-state index contributed by atoms with van der Waals surface area (Å²) in [4.78, 5) is 0. The third kappa shape index (κ3) is 2.95. The van der Waals surface area contributed by atoms with Gasteiger partial charge in [0.25, 0.3) is 0 Å². The van der Waals surface area contributed by atoms with Gasteiger partial charge in [0.2, 0.25) is 0 Å². The molecule has 0 fully saturated rings. The summed E-state index contributed by atoms with van der Waals surface area (Å²) in [5, 5.41) is 0. The van der Waals surface area contributed by atoms with Gasteiger partial charge in [-0.15, -0.1) is 0 Å². The van der Waals surface area contributed by atoms with Crippen LogP contribution in [0.25, 0.3) is 0 Å². The molecule has 2 nitrogen and oxygen atoms in total. The Morgan fingerprint density at radius 3 is 2.38 bits per heavy atom. The zero-order valence-corrected chi connectivity index (χ0v) is 10.4. The van der Waals surface area contributed by atoms with E-state index < -0.39 is 0 Å². The zero-order valence-electron chi connectivity index (χ0n) is 10.4. The maximum atomic E-state index is 13.8. The lowest BCUT2D eigenvalue weighted by molar-refractivity contribution is 0.379. The van der Waals surface area contributed by atoms with Crippen LogP contribution in [0.5, 0.6) is 5.75 Å². The van der Waals surface area contributed by atoms with Gasteiger partial charge in [0, 0.05) is 6.04 Å². The second-order valence-corrected chi connectivity index (χ2v) is 4.53. The number of benzene rings is 1. The average molecular weight is 225 g/mol. The minimum Gasteiger partial charge on any atom is -0.493 e. The van der Waals surface area contributed by atoms with Crippen LogP contribution in [-0.4, -0.2) is 13.2 Å². The van der Waals surface area contributed by atoms with Crippen LogP contribution >= 0.6 is 0 Å². The Morgan fingerprint density at radius 2 is 1.94 bits per heavy atom. The lowest BCUT2D eigenvalue weighted by Gasteiger charge is -2.15. The van der Waals surface area contributed by atoms with E-state index in [2.05, 4.69) is 0 Å². The summed E-state index contributed by atoms with van der Waals surface area (Å²) in [6.07, 6.45) is 0.626. The summed E-state index contributed by atoms with van der Waals surface area (Å²) >= 11 is 0. The van der Waals surface area contributed by atoms with Crippen molar-refractivity contribution in [3.63, 3.8) is 0 Å². The molecular weight excluding hydrogens is 205 g/mol. The molecule has 0 aliphatic heterocycles. The Bertz CT molecular complexity index is 361. The van der Waals surface area contributed by atoms with Gasteiger partial charge in [-0.3, -0.25) is 0 Å². The first-order valence-corrected chi connectivity index (χ1v) is 5.57. The first-order chi connectivity index (χ1) is 7.45. The molecule has 0 aliphatic carbocycles. The molecule has 0 saturated heterocycles. The Hall–Kier alpha value is -1.09. The highest BCUT2D eigenvalue weighted by molar-refractivity contribution is 5.40. The van der Waals surface area contributed by atoms with E-state index in [0.29, 0.717) is 18.1 Å². The van der Waals surface area contributed by atoms with Crippen LogP contribution in [0.15, 0.2) is 12.1 Å². The van der Waals surface area contributed by atoms with Crippen LogP contribution in [0.1, 0.15) is 37.8 Å². The number of ether oxygens (including phenoxy) is 1. The Kier molecular flexibility index (Phi) is 4.30. The predicted octanol–water partition coefficient (Wildman–Crippen LogP) is 2.85. The van der Waals surface area contributed by atoms with Crippen LogP contribution in [0.4, 0.5) is 4.39 Å². The normalized spacial score (nSPS) is 12.9. The number of rotatable bonds is 4. The molecule has 2 N–H and O–H groups in total. The highest BCUT2D eigenvalue weighted by Gasteiger charge is 2.14. The lowest BCUT2D eigenvalue weighted by Crippen LogP contribution is -2.18. The van der Waals surface area contributed by atoms with Gasteiger partial charge < -0.3 is 10.5 Å². The van der Waals surface area contributed by atoms with Crippen molar-refractivity contribution in [3.8, 4) is 5.75 Å². The zero-order chi connectivity index (χ0) is 12.3. The Balaban J connectivity index is 3.19. The molecule has 0 heterocycles. The van der Waals surface area contributed by atoms with Gasteiger partial charge in [-0.1, -0.05) is 19.9 Å². The monoisotopic (exact) mass is 225 g/mol. The molecular formula is C13H20FNO. The van der Waals surface area contributed by atoms with E-state index in [1.807, 2.05) is 26.8 Å². The molecule has 3 heteroatoms. The van der Waals surface area contributed by atoms with Gasteiger partial charge in [0.1, 0.15) is 0 Å². The summed E-state index contributed by atoms with van der Waals surface area (Å²) < 4.78 is 18.8. The first-order valence-electron chi connectivity index (χ1n) is 5.57. The molecule has 1 aromatic carbocycles. The second-order valence-electron chi connectivity index (χ2n) is 4.53. The molecule has 0 saturated carbocycles. The van der Waals surface area contributed by atoms with Crippen molar-refractivity contribution >= 4 is 0 Å². The van der Waals surface area contributed by atoms with E-state index in [1.165, 1.54) is 13.2 Å². The molecule has 1 atom stereocenters. The van der Waals surface area contributed by atoms with Crippen molar-refractivity contribution in [2.45, 2.75) is 39.2 Å². The minimum absolute atomic E-state index is 0.00397. The second kappa shape index (κ2) is 5.30. The number of methoxy groups -OCH3 is 1. The molecule has 0 radical (unpaired) electrons. The van der Waals surface area contributed by atoms with E-state index in [1.54, 1.807) is 0 Å². The van der Waals surface area contributed by atoms with Crippen LogP contribution in [0.3, 0.4) is 0 Å². The fourth-order valence-electron chi connectivity index (χ4n) is 1.73. The summed E-state index contributed by atoms with van der Waals surface area (Å²) in [5.41, 5.74) is 7.58. The van der Waals surface area contributed by atoms with Crippen LogP contribution in [0, 0.1) is 5.82 Å². The van der Waals surface area contributed by atoms with E-state index >= 15 is 0 Å². The van der Waals surface area contributed by atoms with E-state index in [-0.39, 0.29) is 11.9 Å². The standard InChI is InChI=1S/C13H20FNO/c1-8(2)10-6-11(5-9(3)15)13(16-4)12(14)7-10/h6-9H,5,15H2,1-4H3. The predicted molar refractivity (Wildman–Crippen MR) is 64.4 cm³/mol. The summed E-state index contributed by atoms with van der Waals surface area (Å²) in [6.45, 7) is 5.98. The number of hydrogen-bond acceptors (Lipinski definition) is 2. The van der Waals surface area contributed by atoms with Crippen molar-refractivity contribution in [1.82, 2.24) is 0 Å². The molecule has 1 unspecified atom stereocenters. The van der Waals surface area contributed by atoms with Crippen molar-refractivity contribution in [2.24, 2.45) is 5.73 Å². The molecule has 1 aromatic rings. The maximum absolute atomic E-state index is 13.8. The molecule has 16 heavy (non-hydrogen) atoms. The first kappa shape index (κ1) is 13.0. The largest absolute Gasteiger partial charge is 0.493 e. The summed E-state index contributed by atoms with van der Waals surface area (Å²) in [5.74, 6) is 0.318. The highest BCUT2D eigenvalue weighted by atomic mass is 19.1. The molecule has 0 aliphatic rings. The molecule has 0 spiro atoms. The van der Waals surface area contributed by atoms with Gasteiger partial charge in [-0.25, -0.2) is 4.39 Å². The van der Waals surface area contributed by atoms with E-state index in [9.17, 15) is 4.39 Å². The van der Waals surface area contributed by atoms with Crippen molar-refractivity contribution in [3.05, 3.63) is 29.1 Å². The Morgan fingerprint density at radius 1 is 1.31 bits per heavy atom. The topological polar surface area (TPSA) is 35.2 Å². The third-order valence-electron chi connectivity index (χ3n) is 2.56. The Labute approximate surface area is 96.6 Å². The number of hydrogen-bond donors (Lipinski definition) is 1. The van der Waals surface area contributed by atoms with Gasteiger partial charge in [-0.05, 0) is 36.5 Å². The van der Waals surface area contributed by atoms with Gasteiger partial charge in [-0.2, -0.15) is 0 Å². The van der Waals surface area contributed by atoms with Crippen molar-refractivity contribution < 1.29 is 9.13 Å². The SMILES string of the molecule is COc1c(F)cc(C(C)C)cc1CC(C)N. The minimum atomic E-state index is -0.302. The van der Waals surface area contributed by atoms with Crippen LogP contribution in [-0.2, 0) is 6.42 Å². The van der Waals surface area contributed by atoms with Crippen molar-refractivity contribution in [2.75, 3.05) is 7.11 Å². The molecule has 0 amide bonds. The number of nitrogens with two attached hydrogens (primary N) is 1. The molecule has 90 valence electrons. The lowest BCUT2D eigenvalue weighted by atomic mass is 9.97. The van der Waals surface area contributed by atoms with Gasteiger partial charge in [0.05, 0.1) is 7.11 Å². The van der Waals surface area contributed by atoms with Gasteiger partial charge >= 0.3 is 0 Å². The van der Waals surface area contributed by atoms with E-state index in [4.69, 9.17) is 10.5 Å². The fourth-order valence-corrected chi connectivity index (χ4v) is 1.73. The quantitative estimate of drug-likeness (QED) is 0.855. The molecule has 0 bridgehead atoms. The van der Waals surface area contributed by atoms with Crippen molar-refractivity contribution in [1.29, 1.82) is 0 Å². The van der Waals surface area contributed by atoms with E-state index in [0.717, 1.165) is 11.1 Å². The smallest absolute Gasteiger partial charge is 0.165 e. The van der Waals surface area contributed by atoms with Crippen LogP contribution in [0.2, 0.25) is 0 Å². The van der Waals surface area contributed by atoms with Crippen LogP contribution < -0.4 is 10.5 Å².